The standard InChI is InChI=1S/C12H17N3O/c1-10(16)14-8-3-2-5-11-6-4-7-12(9-11)15-13/h2,4-7,9,15H,3,8,13H2,1H3,(H,14,16). The molecule has 4 N–H and O–H groups in total. The molecular weight excluding hydrogens is 202 g/mol. The van der Waals surface area contributed by atoms with Crippen molar-refractivity contribution in [3.05, 3.63) is 35.9 Å². The lowest BCUT2D eigenvalue weighted by Gasteiger charge is -2.00. The van der Waals surface area contributed by atoms with Gasteiger partial charge >= 0.3 is 0 Å². The second kappa shape index (κ2) is 6.63. The van der Waals surface area contributed by atoms with Gasteiger partial charge in [-0.05, 0) is 24.1 Å². The van der Waals surface area contributed by atoms with Crippen molar-refractivity contribution in [1.82, 2.24) is 5.32 Å². The lowest BCUT2D eigenvalue weighted by atomic mass is 10.2. The van der Waals surface area contributed by atoms with Crippen molar-refractivity contribution < 1.29 is 4.79 Å². The SMILES string of the molecule is CC(=O)NCCC=Cc1cccc(NN)c1. The number of nitrogens with two attached hydrogens (primary N) is 1. The molecule has 0 heterocycles. The van der Waals surface area contributed by atoms with Crippen LogP contribution >= 0.6 is 0 Å². The molecular formula is C12H17N3O. The van der Waals surface area contributed by atoms with Gasteiger partial charge in [-0.3, -0.25) is 10.6 Å². The van der Waals surface area contributed by atoms with E-state index in [1.807, 2.05) is 36.4 Å². The summed E-state index contributed by atoms with van der Waals surface area (Å²) in [6.07, 6.45) is 4.84. The Bertz CT molecular complexity index is 374. The Balaban J connectivity index is 2.40. The fourth-order valence-corrected chi connectivity index (χ4v) is 1.28. The van der Waals surface area contributed by atoms with E-state index in [4.69, 9.17) is 5.84 Å². The highest BCUT2D eigenvalue weighted by molar-refractivity contribution is 5.72. The zero-order valence-corrected chi connectivity index (χ0v) is 9.36. The van der Waals surface area contributed by atoms with Gasteiger partial charge < -0.3 is 10.7 Å². The molecule has 86 valence electrons. The maximum Gasteiger partial charge on any atom is 0.216 e. The summed E-state index contributed by atoms with van der Waals surface area (Å²) < 4.78 is 0. The first-order valence-electron chi connectivity index (χ1n) is 5.20. The molecule has 0 spiro atoms. The average Bonchev–Trinajstić information content (AvgIpc) is 2.28. The molecule has 0 bridgehead atoms. The molecule has 4 heteroatoms. The quantitative estimate of drug-likeness (QED) is 0.399. The molecule has 0 fully saturated rings. The van der Waals surface area contributed by atoms with Gasteiger partial charge in [0.2, 0.25) is 5.91 Å². The predicted molar refractivity (Wildman–Crippen MR) is 66.6 cm³/mol. The van der Waals surface area contributed by atoms with E-state index >= 15 is 0 Å². The fourth-order valence-electron chi connectivity index (χ4n) is 1.28. The summed E-state index contributed by atoms with van der Waals surface area (Å²) in [7, 11) is 0. The van der Waals surface area contributed by atoms with Gasteiger partial charge in [-0.15, -0.1) is 0 Å². The third kappa shape index (κ3) is 4.61. The molecule has 1 amide bonds. The normalized spacial score (nSPS) is 10.4. The number of nitrogen functional groups attached to an aromatic ring is 1. The van der Waals surface area contributed by atoms with E-state index in [9.17, 15) is 4.79 Å². The van der Waals surface area contributed by atoms with Gasteiger partial charge in [0.1, 0.15) is 0 Å². The van der Waals surface area contributed by atoms with E-state index in [1.165, 1.54) is 6.92 Å². The molecule has 16 heavy (non-hydrogen) atoms. The molecule has 1 aromatic carbocycles. The van der Waals surface area contributed by atoms with Crippen LogP contribution in [0, 0.1) is 0 Å². The van der Waals surface area contributed by atoms with Crippen LogP contribution in [0.1, 0.15) is 18.9 Å². The zero-order chi connectivity index (χ0) is 11.8. The molecule has 0 saturated heterocycles. The van der Waals surface area contributed by atoms with E-state index in [2.05, 4.69) is 10.7 Å². The van der Waals surface area contributed by atoms with E-state index < -0.39 is 0 Å². The number of hydrogen-bond acceptors (Lipinski definition) is 3. The highest BCUT2D eigenvalue weighted by Crippen LogP contribution is 2.10. The highest BCUT2D eigenvalue weighted by Gasteiger charge is 1.90. The van der Waals surface area contributed by atoms with Gasteiger partial charge in [0.15, 0.2) is 0 Å². The molecule has 0 atom stereocenters. The number of benzene rings is 1. The molecule has 4 nitrogen and oxygen atoms in total. The maximum atomic E-state index is 10.6. The first-order valence-corrected chi connectivity index (χ1v) is 5.20. The topological polar surface area (TPSA) is 67.2 Å². The van der Waals surface area contributed by atoms with Gasteiger partial charge in [0, 0.05) is 19.2 Å². The van der Waals surface area contributed by atoms with Crippen molar-refractivity contribution >= 4 is 17.7 Å². The zero-order valence-electron chi connectivity index (χ0n) is 9.36. The molecule has 0 aliphatic carbocycles. The summed E-state index contributed by atoms with van der Waals surface area (Å²) in [5.74, 6) is 5.31. The minimum Gasteiger partial charge on any atom is -0.356 e. The second-order valence-electron chi connectivity index (χ2n) is 3.44. The summed E-state index contributed by atoms with van der Waals surface area (Å²) in [5.41, 5.74) is 4.55. The minimum atomic E-state index is 0.00253. The Morgan fingerprint density at radius 2 is 2.31 bits per heavy atom. The maximum absolute atomic E-state index is 10.6. The molecule has 1 aromatic rings. The smallest absolute Gasteiger partial charge is 0.216 e. The number of anilines is 1. The average molecular weight is 219 g/mol. The minimum absolute atomic E-state index is 0.00253. The first kappa shape index (κ1) is 12.3. The highest BCUT2D eigenvalue weighted by atomic mass is 16.1. The van der Waals surface area contributed by atoms with Crippen molar-refractivity contribution in [3.63, 3.8) is 0 Å². The number of nitrogens with one attached hydrogen (secondary N) is 2. The number of hydrogen-bond donors (Lipinski definition) is 3. The van der Waals surface area contributed by atoms with Gasteiger partial charge in [0.25, 0.3) is 0 Å². The molecule has 1 rings (SSSR count). The lowest BCUT2D eigenvalue weighted by molar-refractivity contribution is -0.118. The van der Waals surface area contributed by atoms with Crippen LogP contribution in [0.15, 0.2) is 30.3 Å². The predicted octanol–water partition coefficient (Wildman–Crippen LogP) is 1.51. The molecule has 0 unspecified atom stereocenters. The van der Waals surface area contributed by atoms with E-state index in [0.29, 0.717) is 6.54 Å². The Morgan fingerprint density at radius 3 is 3.00 bits per heavy atom. The van der Waals surface area contributed by atoms with Gasteiger partial charge in [-0.25, -0.2) is 0 Å². The molecule has 0 aliphatic rings. The molecule has 0 aromatic heterocycles. The summed E-state index contributed by atoms with van der Waals surface area (Å²) >= 11 is 0. The number of hydrazine groups is 1. The Kier molecular flexibility index (Phi) is 5.08. The van der Waals surface area contributed by atoms with Crippen LogP contribution in [-0.2, 0) is 4.79 Å². The van der Waals surface area contributed by atoms with Crippen molar-refractivity contribution in [3.8, 4) is 0 Å². The monoisotopic (exact) mass is 219 g/mol. The Hall–Kier alpha value is -1.81. The Labute approximate surface area is 95.5 Å². The fraction of sp³-hybridized carbons (Fsp3) is 0.250. The second-order valence-corrected chi connectivity index (χ2v) is 3.44. The largest absolute Gasteiger partial charge is 0.356 e. The van der Waals surface area contributed by atoms with Crippen LogP contribution in [-0.4, -0.2) is 12.5 Å². The molecule has 0 aliphatic heterocycles. The van der Waals surface area contributed by atoms with E-state index in [1.54, 1.807) is 0 Å². The van der Waals surface area contributed by atoms with Crippen molar-refractivity contribution in [2.24, 2.45) is 5.84 Å². The number of carbonyl (C=O) groups is 1. The summed E-state index contributed by atoms with van der Waals surface area (Å²) in [5, 5.41) is 2.73. The number of amides is 1. The van der Waals surface area contributed by atoms with Gasteiger partial charge in [-0.2, -0.15) is 0 Å². The van der Waals surface area contributed by atoms with Crippen molar-refractivity contribution in [1.29, 1.82) is 0 Å². The van der Waals surface area contributed by atoms with Crippen LogP contribution in [0.3, 0.4) is 0 Å². The van der Waals surface area contributed by atoms with Crippen LogP contribution < -0.4 is 16.6 Å². The van der Waals surface area contributed by atoms with E-state index in [-0.39, 0.29) is 5.91 Å². The third-order valence-corrected chi connectivity index (χ3v) is 2.05. The van der Waals surface area contributed by atoms with Gasteiger partial charge in [0.05, 0.1) is 0 Å². The lowest BCUT2D eigenvalue weighted by Crippen LogP contribution is -2.20. The van der Waals surface area contributed by atoms with Crippen molar-refractivity contribution in [2.45, 2.75) is 13.3 Å². The molecule has 0 radical (unpaired) electrons. The summed E-state index contributed by atoms with van der Waals surface area (Å²) in [4.78, 5) is 10.6. The molecule has 0 saturated carbocycles. The summed E-state index contributed by atoms with van der Waals surface area (Å²) in [6.45, 7) is 2.18. The number of rotatable bonds is 5. The summed E-state index contributed by atoms with van der Waals surface area (Å²) in [6, 6.07) is 7.78. The van der Waals surface area contributed by atoms with Crippen LogP contribution in [0.5, 0.6) is 0 Å². The van der Waals surface area contributed by atoms with E-state index in [0.717, 1.165) is 17.7 Å². The van der Waals surface area contributed by atoms with Crippen LogP contribution in [0.25, 0.3) is 6.08 Å². The van der Waals surface area contributed by atoms with Crippen LogP contribution in [0.4, 0.5) is 5.69 Å². The van der Waals surface area contributed by atoms with Crippen molar-refractivity contribution in [2.75, 3.05) is 12.0 Å². The Morgan fingerprint density at radius 1 is 1.50 bits per heavy atom. The van der Waals surface area contributed by atoms with Crippen LogP contribution in [0.2, 0.25) is 0 Å². The van der Waals surface area contributed by atoms with Gasteiger partial charge in [-0.1, -0.05) is 24.3 Å². The first-order chi connectivity index (χ1) is 7.72. The third-order valence-electron chi connectivity index (χ3n) is 2.05. The number of carbonyl (C=O) groups excluding carboxylic acids is 1.